The SMILES string of the molecule is COc1ccc2cc3n(c2c1)C[C@](C)(C(=O)NC1CCCCCC1)N(c1ccc(Cl)cc1)C3=O. The first kappa shape index (κ1) is 22.8. The predicted octanol–water partition coefficient (Wildman–Crippen LogP) is 5.56. The summed E-state index contributed by atoms with van der Waals surface area (Å²) >= 11 is 6.13. The summed E-state index contributed by atoms with van der Waals surface area (Å²) in [5.41, 5.74) is 0.978. The van der Waals surface area contributed by atoms with Crippen LogP contribution in [0.3, 0.4) is 0 Å². The fourth-order valence-electron chi connectivity index (χ4n) is 5.36. The summed E-state index contributed by atoms with van der Waals surface area (Å²) in [7, 11) is 1.62. The molecule has 1 saturated carbocycles. The van der Waals surface area contributed by atoms with Crippen LogP contribution >= 0.6 is 11.6 Å². The van der Waals surface area contributed by atoms with Crippen molar-refractivity contribution in [3.8, 4) is 5.75 Å². The Morgan fingerprint density at radius 2 is 1.76 bits per heavy atom. The molecule has 7 heteroatoms. The maximum atomic E-state index is 14.0. The van der Waals surface area contributed by atoms with E-state index < -0.39 is 5.54 Å². The second-order valence-corrected chi connectivity index (χ2v) is 10.0. The molecule has 2 amide bonds. The summed E-state index contributed by atoms with van der Waals surface area (Å²) in [5.74, 6) is 0.381. The lowest BCUT2D eigenvalue weighted by atomic mass is 9.92. The first-order chi connectivity index (χ1) is 16.4. The van der Waals surface area contributed by atoms with Crippen molar-refractivity contribution >= 4 is 40.0 Å². The Bertz CT molecular complexity index is 1230. The van der Waals surface area contributed by atoms with Crippen LogP contribution < -0.4 is 15.0 Å². The highest BCUT2D eigenvalue weighted by Gasteiger charge is 2.49. The zero-order valence-electron chi connectivity index (χ0n) is 19.6. The van der Waals surface area contributed by atoms with Gasteiger partial charge in [0.2, 0.25) is 5.91 Å². The Morgan fingerprint density at radius 3 is 2.44 bits per heavy atom. The minimum atomic E-state index is -1.11. The van der Waals surface area contributed by atoms with E-state index in [0.717, 1.165) is 36.6 Å². The summed E-state index contributed by atoms with van der Waals surface area (Å²) < 4.78 is 7.38. The quantitative estimate of drug-likeness (QED) is 0.498. The van der Waals surface area contributed by atoms with Gasteiger partial charge < -0.3 is 14.6 Å². The summed E-state index contributed by atoms with van der Waals surface area (Å²) in [4.78, 5) is 29.5. The number of hydrogen-bond donors (Lipinski definition) is 1. The van der Waals surface area contributed by atoms with E-state index >= 15 is 0 Å². The summed E-state index contributed by atoms with van der Waals surface area (Å²) in [6.45, 7) is 2.20. The number of methoxy groups -OCH3 is 1. The van der Waals surface area contributed by atoms with Crippen molar-refractivity contribution < 1.29 is 14.3 Å². The smallest absolute Gasteiger partial charge is 0.275 e. The Kier molecular flexibility index (Phi) is 6.02. The number of anilines is 1. The summed E-state index contributed by atoms with van der Waals surface area (Å²) in [6, 6.07) is 14.9. The molecule has 1 aliphatic heterocycles. The van der Waals surface area contributed by atoms with Gasteiger partial charge in [-0.25, -0.2) is 0 Å². The van der Waals surface area contributed by atoms with Crippen LogP contribution in [-0.2, 0) is 11.3 Å². The lowest BCUT2D eigenvalue weighted by Gasteiger charge is -2.44. The van der Waals surface area contributed by atoms with Gasteiger partial charge in [-0.2, -0.15) is 0 Å². The molecule has 1 atom stereocenters. The second-order valence-electron chi connectivity index (χ2n) is 9.59. The highest BCUT2D eigenvalue weighted by Crippen LogP contribution is 2.37. The number of nitrogens with one attached hydrogen (secondary N) is 1. The van der Waals surface area contributed by atoms with Crippen LogP contribution in [0, 0.1) is 0 Å². The molecule has 178 valence electrons. The number of rotatable bonds is 4. The third-order valence-electron chi connectivity index (χ3n) is 7.26. The van der Waals surface area contributed by atoms with E-state index in [1.54, 1.807) is 36.3 Å². The van der Waals surface area contributed by atoms with Crippen molar-refractivity contribution in [2.24, 2.45) is 0 Å². The van der Waals surface area contributed by atoms with Crippen molar-refractivity contribution in [2.75, 3.05) is 12.0 Å². The van der Waals surface area contributed by atoms with Gasteiger partial charge in [0, 0.05) is 28.2 Å². The van der Waals surface area contributed by atoms with Crippen LogP contribution in [0.1, 0.15) is 55.9 Å². The van der Waals surface area contributed by atoms with Crippen molar-refractivity contribution in [3.05, 3.63) is 59.2 Å². The first-order valence-electron chi connectivity index (χ1n) is 12.0. The molecule has 2 heterocycles. The summed E-state index contributed by atoms with van der Waals surface area (Å²) in [6.07, 6.45) is 6.61. The Labute approximate surface area is 204 Å². The average molecular weight is 480 g/mol. The van der Waals surface area contributed by atoms with Crippen molar-refractivity contribution in [2.45, 2.75) is 63.6 Å². The largest absolute Gasteiger partial charge is 0.497 e. The Morgan fingerprint density at radius 1 is 1.06 bits per heavy atom. The number of carbonyl (C=O) groups is 2. The molecule has 0 radical (unpaired) electrons. The molecule has 0 unspecified atom stereocenters. The first-order valence-corrected chi connectivity index (χ1v) is 12.4. The van der Waals surface area contributed by atoms with Gasteiger partial charge in [0.1, 0.15) is 17.0 Å². The van der Waals surface area contributed by atoms with Crippen LogP contribution in [0.25, 0.3) is 10.9 Å². The van der Waals surface area contributed by atoms with Gasteiger partial charge in [0.25, 0.3) is 5.91 Å². The molecule has 0 spiro atoms. The molecule has 34 heavy (non-hydrogen) atoms. The maximum absolute atomic E-state index is 14.0. The molecular formula is C27H30ClN3O3. The fourth-order valence-corrected chi connectivity index (χ4v) is 5.48. The third-order valence-corrected chi connectivity index (χ3v) is 7.51. The normalized spacial score (nSPS) is 21.3. The molecule has 1 aromatic heterocycles. The van der Waals surface area contributed by atoms with E-state index in [2.05, 4.69) is 5.32 Å². The van der Waals surface area contributed by atoms with Gasteiger partial charge in [0.15, 0.2) is 0 Å². The number of carbonyl (C=O) groups excluding carboxylic acids is 2. The Hall–Kier alpha value is -2.99. The number of aromatic nitrogens is 1. The molecule has 6 nitrogen and oxygen atoms in total. The predicted molar refractivity (Wildman–Crippen MR) is 135 cm³/mol. The van der Waals surface area contributed by atoms with Crippen LogP contribution in [0.4, 0.5) is 5.69 Å². The standard InChI is InChI=1S/C27H30ClN3O3/c1-27(26(33)29-20-7-5-3-4-6-8-20)17-30-23-16-22(34-2)14-9-18(23)15-24(30)25(32)31(27)21-12-10-19(28)11-13-21/h9-16,20H,3-8,17H2,1-2H3,(H,29,33)/t27-/m1/s1. The van der Waals surface area contributed by atoms with E-state index in [9.17, 15) is 9.59 Å². The number of nitrogens with zero attached hydrogens (tertiary/aromatic N) is 2. The third kappa shape index (κ3) is 3.94. The monoisotopic (exact) mass is 479 g/mol. The van der Waals surface area contributed by atoms with Gasteiger partial charge in [-0.05, 0) is 62.2 Å². The van der Waals surface area contributed by atoms with Crippen LogP contribution in [-0.4, -0.2) is 35.1 Å². The number of amides is 2. The van der Waals surface area contributed by atoms with E-state index in [1.165, 1.54) is 12.8 Å². The highest BCUT2D eigenvalue weighted by atomic mass is 35.5. The zero-order chi connectivity index (χ0) is 23.9. The molecule has 5 rings (SSSR count). The van der Waals surface area contributed by atoms with Gasteiger partial charge in [-0.3, -0.25) is 14.5 Å². The number of fused-ring (bicyclic) bond motifs is 3. The van der Waals surface area contributed by atoms with E-state index in [1.807, 2.05) is 35.8 Å². The lowest BCUT2D eigenvalue weighted by Crippen LogP contribution is -2.65. The topological polar surface area (TPSA) is 63.6 Å². The van der Waals surface area contributed by atoms with Gasteiger partial charge in [-0.15, -0.1) is 0 Å². The van der Waals surface area contributed by atoms with Crippen molar-refractivity contribution in [3.63, 3.8) is 0 Å². The van der Waals surface area contributed by atoms with Gasteiger partial charge in [-0.1, -0.05) is 37.3 Å². The van der Waals surface area contributed by atoms with Crippen molar-refractivity contribution in [1.29, 1.82) is 0 Å². The second kappa shape index (κ2) is 8.99. The van der Waals surface area contributed by atoms with Gasteiger partial charge >= 0.3 is 0 Å². The number of hydrogen-bond acceptors (Lipinski definition) is 3. The zero-order valence-corrected chi connectivity index (χ0v) is 20.4. The molecule has 2 aromatic carbocycles. The highest BCUT2D eigenvalue weighted by molar-refractivity contribution is 6.30. The van der Waals surface area contributed by atoms with Gasteiger partial charge in [0.05, 0.1) is 19.2 Å². The number of halogens is 1. The minimum absolute atomic E-state index is 0.127. The Balaban J connectivity index is 1.60. The molecule has 2 aliphatic rings. The lowest BCUT2D eigenvalue weighted by molar-refractivity contribution is -0.127. The molecule has 1 N–H and O–H groups in total. The fraction of sp³-hybridized carbons (Fsp3) is 0.407. The molecule has 1 fully saturated rings. The van der Waals surface area contributed by atoms with E-state index in [-0.39, 0.29) is 17.9 Å². The molecule has 1 aliphatic carbocycles. The maximum Gasteiger partial charge on any atom is 0.275 e. The van der Waals surface area contributed by atoms with Crippen LogP contribution in [0.5, 0.6) is 5.75 Å². The number of benzene rings is 2. The molecule has 0 saturated heterocycles. The molecular weight excluding hydrogens is 450 g/mol. The molecule has 3 aromatic rings. The molecule has 0 bridgehead atoms. The minimum Gasteiger partial charge on any atom is -0.497 e. The summed E-state index contributed by atoms with van der Waals surface area (Å²) in [5, 5.41) is 4.82. The van der Waals surface area contributed by atoms with Crippen LogP contribution in [0.2, 0.25) is 5.02 Å². The van der Waals surface area contributed by atoms with E-state index in [0.29, 0.717) is 28.7 Å². The van der Waals surface area contributed by atoms with E-state index in [4.69, 9.17) is 16.3 Å². The van der Waals surface area contributed by atoms with Crippen molar-refractivity contribution in [1.82, 2.24) is 9.88 Å². The van der Waals surface area contributed by atoms with Crippen LogP contribution in [0.15, 0.2) is 48.5 Å². The number of ether oxygens (including phenoxy) is 1. The average Bonchev–Trinajstić information content (AvgIpc) is 2.99.